The second-order valence-electron chi connectivity index (χ2n) is 6.24. The van der Waals surface area contributed by atoms with Crippen molar-refractivity contribution in [3.63, 3.8) is 0 Å². The van der Waals surface area contributed by atoms with E-state index in [-0.39, 0.29) is 18.0 Å². The maximum Gasteiger partial charge on any atom is 0.410 e. The van der Waals surface area contributed by atoms with Crippen LogP contribution in [-0.4, -0.2) is 53.7 Å². The van der Waals surface area contributed by atoms with Crippen molar-refractivity contribution in [3.05, 3.63) is 24.0 Å². The van der Waals surface area contributed by atoms with E-state index in [1.54, 1.807) is 30.3 Å². The first-order chi connectivity index (χ1) is 10.3. The van der Waals surface area contributed by atoms with Gasteiger partial charge in [-0.15, -0.1) is 0 Å². The Labute approximate surface area is 130 Å². The molecule has 2 rings (SSSR count). The van der Waals surface area contributed by atoms with Crippen LogP contribution >= 0.6 is 0 Å². The van der Waals surface area contributed by atoms with Crippen LogP contribution in [0.2, 0.25) is 0 Å². The number of carbonyl (C=O) groups excluding carboxylic acids is 2. The minimum Gasteiger partial charge on any atom is -0.444 e. The third-order valence-corrected chi connectivity index (χ3v) is 3.13. The van der Waals surface area contributed by atoms with Crippen molar-refractivity contribution in [2.24, 2.45) is 0 Å². The Hall–Kier alpha value is -2.31. The quantitative estimate of drug-likeness (QED) is 0.883. The van der Waals surface area contributed by atoms with E-state index in [2.05, 4.69) is 15.6 Å². The van der Waals surface area contributed by atoms with E-state index in [9.17, 15) is 9.59 Å². The Kier molecular flexibility index (Phi) is 4.54. The molecule has 0 saturated carbocycles. The molecule has 1 aromatic rings. The molecule has 0 aromatic carbocycles. The molecule has 1 aromatic heterocycles. The number of rotatable bonds is 3. The average Bonchev–Trinajstić information content (AvgIpc) is 2.40. The van der Waals surface area contributed by atoms with Crippen molar-refractivity contribution in [1.82, 2.24) is 15.2 Å². The number of anilines is 1. The number of nitrogens with zero attached hydrogens (tertiary/aromatic N) is 2. The van der Waals surface area contributed by atoms with Crippen molar-refractivity contribution in [3.8, 4) is 0 Å². The zero-order chi connectivity index (χ0) is 16.3. The smallest absolute Gasteiger partial charge is 0.410 e. The summed E-state index contributed by atoms with van der Waals surface area (Å²) in [5.41, 5.74) is 0.716. The van der Waals surface area contributed by atoms with Crippen LogP contribution in [0.15, 0.2) is 18.3 Å². The van der Waals surface area contributed by atoms with Gasteiger partial charge in [0.25, 0.3) is 5.91 Å². The van der Waals surface area contributed by atoms with E-state index >= 15 is 0 Å². The number of ether oxygens (including phenoxy) is 1. The van der Waals surface area contributed by atoms with E-state index in [0.717, 1.165) is 5.69 Å². The molecule has 22 heavy (non-hydrogen) atoms. The fourth-order valence-electron chi connectivity index (χ4n) is 2.02. The Morgan fingerprint density at radius 1 is 1.32 bits per heavy atom. The second kappa shape index (κ2) is 6.21. The fraction of sp³-hybridized carbons (Fsp3) is 0.533. The van der Waals surface area contributed by atoms with Gasteiger partial charge in [-0.1, -0.05) is 0 Å². The van der Waals surface area contributed by atoms with Gasteiger partial charge in [-0.3, -0.25) is 4.79 Å². The van der Waals surface area contributed by atoms with Gasteiger partial charge < -0.3 is 20.3 Å². The van der Waals surface area contributed by atoms with Crippen molar-refractivity contribution in [2.75, 3.05) is 25.5 Å². The molecule has 7 heteroatoms. The summed E-state index contributed by atoms with van der Waals surface area (Å²) in [5.74, 6) is -0.216. The van der Waals surface area contributed by atoms with Gasteiger partial charge in [-0.2, -0.15) is 0 Å². The molecule has 2 heterocycles. The van der Waals surface area contributed by atoms with Gasteiger partial charge >= 0.3 is 6.09 Å². The molecule has 1 aliphatic heterocycles. The third-order valence-electron chi connectivity index (χ3n) is 3.13. The van der Waals surface area contributed by atoms with Gasteiger partial charge in [0.1, 0.15) is 11.3 Å². The van der Waals surface area contributed by atoms with Crippen LogP contribution in [0, 0.1) is 0 Å². The van der Waals surface area contributed by atoms with E-state index in [0.29, 0.717) is 18.8 Å². The van der Waals surface area contributed by atoms with E-state index in [1.807, 2.05) is 20.8 Å². The van der Waals surface area contributed by atoms with Crippen molar-refractivity contribution in [2.45, 2.75) is 32.4 Å². The number of pyridine rings is 1. The standard InChI is InChI=1S/C15H22N4O3/c1-15(2,3)22-14(21)19-8-11(9-19)18-10-5-6-12(17-7-10)13(20)16-4/h5-7,11,18H,8-9H2,1-4H3,(H,16,20). The van der Waals surface area contributed by atoms with Crippen LogP contribution in [0.4, 0.5) is 10.5 Å². The molecule has 2 amide bonds. The van der Waals surface area contributed by atoms with Crippen molar-refractivity contribution >= 4 is 17.7 Å². The Morgan fingerprint density at radius 2 is 2.00 bits per heavy atom. The number of nitrogens with one attached hydrogen (secondary N) is 2. The maximum atomic E-state index is 11.8. The molecule has 0 unspecified atom stereocenters. The van der Waals surface area contributed by atoms with Gasteiger partial charge in [-0.05, 0) is 32.9 Å². The molecule has 7 nitrogen and oxygen atoms in total. The number of amides is 2. The number of hydrogen-bond acceptors (Lipinski definition) is 5. The molecule has 0 atom stereocenters. The molecular formula is C15H22N4O3. The maximum absolute atomic E-state index is 11.8. The lowest BCUT2D eigenvalue weighted by atomic mass is 10.1. The van der Waals surface area contributed by atoms with Gasteiger partial charge in [0.15, 0.2) is 0 Å². The summed E-state index contributed by atoms with van der Waals surface area (Å²) in [5, 5.41) is 5.79. The summed E-state index contributed by atoms with van der Waals surface area (Å²) in [6, 6.07) is 3.62. The number of carbonyl (C=O) groups is 2. The van der Waals surface area contributed by atoms with Crippen LogP contribution in [0.1, 0.15) is 31.3 Å². The first-order valence-corrected chi connectivity index (χ1v) is 7.21. The first-order valence-electron chi connectivity index (χ1n) is 7.21. The first kappa shape index (κ1) is 16.1. The monoisotopic (exact) mass is 306 g/mol. The number of hydrogen-bond donors (Lipinski definition) is 2. The Bertz CT molecular complexity index is 545. The molecule has 0 bridgehead atoms. The minimum absolute atomic E-state index is 0.167. The molecule has 0 aliphatic carbocycles. The van der Waals surface area contributed by atoms with Crippen molar-refractivity contribution in [1.29, 1.82) is 0 Å². The fourth-order valence-corrected chi connectivity index (χ4v) is 2.02. The van der Waals surface area contributed by atoms with Crippen LogP contribution in [0.5, 0.6) is 0 Å². The molecule has 1 aliphatic rings. The summed E-state index contributed by atoms with van der Waals surface area (Å²) < 4.78 is 5.30. The minimum atomic E-state index is -0.477. The summed E-state index contributed by atoms with van der Waals surface area (Å²) in [4.78, 5) is 28.9. The lowest BCUT2D eigenvalue weighted by Gasteiger charge is -2.40. The van der Waals surface area contributed by atoms with Crippen LogP contribution in [0.3, 0.4) is 0 Å². The summed E-state index contributed by atoms with van der Waals surface area (Å²) in [7, 11) is 1.57. The molecule has 0 spiro atoms. The summed E-state index contributed by atoms with van der Waals surface area (Å²) in [6.07, 6.45) is 1.32. The van der Waals surface area contributed by atoms with Crippen LogP contribution in [0.25, 0.3) is 0 Å². The predicted octanol–water partition coefficient (Wildman–Crippen LogP) is 1.47. The zero-order valence-corrected chi connectivity index (χ0v) is 13.3. The zero-order valence-electron chi connectivity index (χ0n) is 13.3. The predicted molar refractivity (Wildman–Crippen MR) is 82.8 cm³/mol. The highest BCUT2D eigenvalue weighted by Gasteiger charge is 2.33. The van der Waals surface area contributed by atoms with E-state index in [1.165, 1.54) is 0 Å². The molecule has 2 N–H and O–H groups in total. The van der Waals surface area contributed by atoms with Gasteiger partial charge in [0, 0.05) is 20.1 Å². The lowest BCUT2D eigenvalue weighted by molar-refractivity contribution is 0.0105. The average molecular weight is 306 g/mol. The normalized spacial score (nSPS) is 15.0. The van der Waals surface area contributed by atoms with Crippen LogP contribution in [-0.2, 0) is 4.74 Å². The van der Waals surface area contributed by atoms with Crippen LogP contribution < -0.4 is 10.6 Å². The Morgan fingerprint density at radius 3 is 2.50 bits per heavy atom. The highest BCUT2D eigenvalue weighted by Crippen LogP contribution is 2.18. The summed E-state index contributed by atoms with van der Waals surface area (Å²) >= 11 is 0. The third kappa shape index (κ3) is 4.09. The van der Waals surface area contributed by atoms with Gasteiger partial charge in [0.05, 0.1) is 17.9 Å². The molecule has 1 fully saturated rings. The van der Waals surface area contributed by atoms with E-state index in [4.69, 9.17) is 4.74 Å². The van der Waals surface area contributed by atoms with Gasteiger partial charge in [0.2, 0.25) is 0 Å². The highest BCUT2D eigenvalue weighted by molar-refractivity contribution is 5.92. The highest BCUT2D eigenvalue weighted by atomic mass is 16.6. The largest absolute Gasteiger partial charge is 0.444 e. The molecule has 0 radical (unpaired) electrons. The number of aromatic nitrogens is 1. The number of likely N-dealkylation sites (tertiary alicyclic amines) is 1. The SMILES string of the molecule is CNC(=O)c1ccc(NC2CN(C(=O)OC(C)(C)C)C2)cn1. The van der Waals surface area contributed by atoms with Crippen molar-refractivity contribution < 1.29 is 14.3 Å². The summed E-state index contributed by atoms with van der Waals surface area (Å²) in [6.45, 7) is 6.72. The van der Waals surface area contributed by atoms with Gasteiger partial charge in [-0.25, -0.2) is 9.78 Å². The topological polar surface area (TPSA) is 83.6 Å². The second-order valence-corrected chi connectivity index (χ2v) is 6.24. The molecule has 120 valence electrons. The van der Waals surface area contributed by atoms with E-state index < -0.39 is 5.60 Å². The lowest BCUT2D eigenvalue weighted by Crippen LogP contribution is -2.57. The Balaban J connectivity index is 1.80. The molecule has 1 saturated heterocycles. The molecular weight excluding hydrogens is 284 g/mol.